The van der Waals surface area contributed by atoms with Crippen molar-refractivity contribution in [2.75, 3.05) is 0 Å². The maximum atomic E-state index is 12.8. The molecule has 2 amide bonds. The summed E-state index contributed by atoms with van der Waals surface area (Å²) in [5, 5.41) is 5.08. The normalized spacial score (nSPS) is 13.0. The number of nitrogens with one attached hydrogen (secondary N) is 2. The van der Waals surface area contributed by atoms with Crippen molar-refractivity contribution in [1.29, 1.82) is 0 Å². The second-order valence-electron chi connectivity index (χ2n) is 6.54. The molecule has 2 atom stereocenters. The first kappa shape index (κ1) is 20.9. The van der Waals surface area contributed by atoms with Crippen LogP contribution in [0.5, 0.6) is 0 Å². The fourth-order valence-electron chi connectivity index (χ4n) is 2.52. The molecule has 0 saturated carbocycles. The fourth-order valence-corrected chi connectivity index (χ4v) is 3.16. The Morgan fingerprint density at radius 1 is 1.15 bits per heavy atom. The van der Waals surface area contributed by atoms with Gasteiger partial charge in [0.1, 0.15) is 17.1 Å². The lowest BCUT2D eigenvalue weighted by Crippen LogP contribution is -2.50. The molecule has 0 aliphatic rings. The van der Waals surface area contributed by atoms with Crippen LogP contribution in [-0.4, -0.2) is 37.8 Å². The minimum atomic E-state index is -0.802. The second-order valence-corrected chi connectivity index (χ2v) is 7.32. The average molecular weight is 388 g/mol. The first-order valence-corrected chi connectivity index (χ1v) is 9.54. The molecule has 8 heteroatoms. The fraction of sp³-hybridized carbons (Fsp3) is 0.368. The third-order valence-electron chi connectivity index (χ3n) is 3.82. The van der Waals surface area contributed by atoms with Crippen LogP contribution in [0.1, 0.15) is 36.3 Å². The number of carbonyl (C=O) groups excluding carboxylic acids is 2. The highest BCUT2D eigenvalue weighted by molar-refractivity contribution is 7.94. The maximum absolute atomic E-state index is 12.8. The first-order valence-electron chi connectivity index (χ1n) is 8.71. The van der Waals surface area contributed by atoms with Crippen LogP contribution >= 0.6 is 12.0 Å². The Morgan fingerprint density at radius 2 is 1.89 bits per heavy atom. The van der Waals surface area contributed by atoms with E-state index < -0.39 is 17.3 Å². The van der Waals surface area contributed by atoms with Crippen molar-refractivity contribution in [3.63, 3.8) is 0 Å². The van der Waals surface area contributed by atoms with Crippen molar-refractivity contribution in [3.05, 3.63) is 60.2 Å². The van der Waals surface area contributed by atoms with Crippen molar-refractivity contribution < 1.29 is 14.1 Å². The standard InChI is InChI=1S/C19H24N4O3S/c1-13(2)10-17(27-26)23-18(24)15(11-14-6-4-3-5-7-14)22-19(25)16-12-20-8-9-21-16/h3-9,12-13,15,17,26H,10-11H2,1-2H3,(H,22,25)(H,23,24)/t15-,17+/m0/s1. The van der Waals surface area contributed by atoms with Crippen molar-refractivity contribution in [1.82, 2.24) is 20.6 Å². The van der Waals surface area contributed by atoms with Crippen molar-refractivity contribution in [3.8, 4) is 0 Å². The van der Waals surface area contributed by atoms with E-state index in [1.54, 1.807) is 0 Å². The van der Waals surface area contributed by atoms with Crippen molar-refractivity contribution in [2.45, 2.75) is 38.1 Å². The van der Waals surface area contributed by atoms with Crippen LogP contribution in [0.3, 0.4) is 0 Å². The summed E-state index contributed by atoms with van der Waals surface area (Å²) in [6.07, 6.45) is 5.17. The molecule has 7 nitrogen and oxygen atoms in total. The van der Waals surface area contributed by atoms with E-state index in [1.807, 2.05) is 44.2 Å². The predicted octanol–water partition coefficient (Wildman–Crippen LogP) is 2.51. The Balaban J connectivity index is 2.13. The van der Waals surface area contributed by atoms with Gasteiger partial charge in [-0.3, -0.25) is 14.6 Å². The monoisotopic (exact) mass is 388 g/mol. The third-order valence-corrected chi connectivity index (χ3v) is 4.38. The summed E-state index contributed by atoms with van der Waals surface area (Å²) in [6, 6.07) is 8.61. The van der Waals surface area contributed by atoms with E-state index in [4.69, 9.17) is 0 Å². The number of aromatic nitrogens is 2. The van der Waals surface area contributed by atoms with Gasteiger partial charge in [0, 0.05) is 30.9 Å². The van der Waals surface area contributed by atoms with E-state index in [0.29, 0.717) is 30.8 Å². The van der Waals surface area contributed by atoms with Gasteiger partial charge in [0.05, 0.1) is 6.20 Å². The number of rotatable bonds is 9. The second kappa shape index (κ2) is 10.6. The molecule has 0 fully saturated rings. The molecule has 0 spiro atoms. The smallest absolute Gasteiger partial charge is 0.272 e. The van der Waals surface area contributed by atoms with Gasteiger partial charge < -0.3 is 15.2 Å². The summed E-state index contributed by atoms with van der Waals surface area (Å²) >= 11 is 0.599. The quantitative estimate of drug-likeness (QED) is 0.450. The third kappa shape index (κ3) is 6.99. The summed E-state index contributed by atoms with van der Waals surface area (Å²) in [7, 11) is 0. The minimum absolute atomic E-state index is 0.138. The van der Waals surface area contributed by atoms with Crippen LogP contribution in [0.15, 0.2) is 48.9 Å². The van der Waals surface area contributed by atoms with Gasteiger partial charge in [0.2, 0.25) is 5.91 Å². The largest absolute Gasteiger partial charge is 0.340 e. The van der Waals surface area contributed by atoms with Gasteiger partial charge >= 0.3 is 0 Å². The van der Waals surface area contributed by atoms with Crippen LogP contribution < -0.4 is 10.6 Å². The first-order chi connectivity index (χ1) is 13.0. The zero-order valence-electron chi connectivity index (χ0n) is 15.3. The summed E-state index contributed by atoms with van der Waals surface area (Å²) in [5.41, 5.74) is 1.05. The Labute approximate surface area is 163 Å². The molecular weight excluding hydrogens is 364 g/mol. The summed E-state index contributed by atoms with van der Waals surface area (Å²) in [4.78, 5) is 33.1. The Bertz CT molecular complexity index is 728. The van der Waals surface area contributed by atoms with Gasteiger partial charge in [-0.2, -0.15) is 0 Å². The molecule has 1 aromatic heterocycles. The van der Waals surface area contributed by atoms with Gasteiger partial charge in [-0.15, -0.1) is 0 Å². The molecule has 2 rings (SSSR count). The number of carbonyl (C=O) groups is 2. The van der Waals surface area contributed by atoms with Crippen LogP contribution in [0.4, 0.5) is 0 Å². The van der Waals surface area contributed by atoms with E-state index in [-0.39, 0.29) is 11.6 Å². The van der Waals surface area contributed by atoms with Gasteiger partial charge in [-0.05, 0) is 17.9 Å². The number of hydrogen-bond donors (Lipinski definition) is 3. The summed E-state index contributed by atoms with van der Waals surface area (Å²) < 4.78 is 9.45. The van der Waals surface area contributed by atoms with Crippen molar-refractivity contribution >= 4 is 23.9 Å². The highest BCUT2D eigenvalue weighted by Crippen LogP contribution is 2.14. The lowest BCUT2D eigenvalue weighted by Gasteiger charge is -2.22. The lowest BCUT2D eigenvalue weighted by atomic mass is 10.0. The molecule has 1 heterocycles. The molecule has 144 valence electrons. The van der Waals surface area contributed by atoms with Crippen molar-refractivity contribution in [2.24, 2.45) is 5.92 Å². The molecule has 0 bridgehead atoms. The van der Waals surface area contributed by atoms with Crippen LogP contribution in [0.25, 0.3) is 0 Å². The van der Waals surface area contributed by atoms with Crippen LogP contribution in [0.2, 0.25) is 0 Å². The molecule has 3 N–H and O–H groups in total. The number of hydrogen-bond acceptors (Lipinski definition) is 6. The highest BCUT2D eigenvalue weighted by atomic mass is 32.2. The Kier molecular flexibility index (Phi) is 8.22. The number of nitrogens with zero attached hydrogens (tertiary/aromatic N) is 2. The molecule has 2 aromatic rings. The molecule has 0 unspecified atom stereocenters. The molecule has 1 aromatic carbocycles. The predicted molar refractivity (Wildman–Crippen MR) is 105 cm³/mol. The Morgan fingerprint density at radius 3 is 2.48 bits per heavy atom. The molecule has 27 heavy (non-hydrogen) atoms. The van der Waals surface area contributed by atoms with E-state index in [9.17, 15) is 14.1 Å². The number of benzene rings is 1. The van der Waals surface area contributed by atoms with Gasteiger partial charge in [0.25, 0.3) is 5.91 Å². The number of amides is 2. The highest BCUT2D eigenvalue weighted by Gasteiger charge is 2.25. The van der Waals surface area contributed by atoms with Gasteiger partial charge in [-0.25, -0.2) is 4.98 Å². The molecule has 0 aliphatic carbocycles. The topological polar surface area (TPSA) is 104 Å². The Hall–Kier alpha value is -2.45. The zero-order chi connectivity index (χ0) is 19.6. The molecule has 0 radical (unpaired) electrons. The molecule has 0 saturated heterocycles. The van der Waals surface area contributed by atoms with E-state index in [1.165, 1.54) is 18.6 Å². The molecule has 0 aliphatic heterocycles. The SMILES string of the molecule is CC(C)C[C@H](NC(=O)[C@H](Cc1ccccc1)NC(=O)c1cnccn1)SO. The minimum Gasteiger partial charge on any atom is -0.340 e. The molecular formula is C19H24N4O3S. The van der Waals surface area contributed by atoms with Gasteiger partial charge in [-0.1, -0.05) is 44.2 Å². The van der Waals surface area contributed by atoms with Crippen LogP contribution in [-0.2, 0) is 11.2 Å². The summed E-state index contributed by atoms with van der Waals surface area (Å²) in [6.45, 7) is 4.01. The zero-order valence-corrected chi connectivity index (χ0v) is 16.1. The maximum Gasteiger partial charge on any atom is 0.272 e. The average Bonchev–Trinajstić information content (AvgIpc) is 2.68. The van der Waals surface area contributed by atoms with Gasteiger partial charge in [0.15, 0.2) is 0 Å². The van der Waals surface area contributed by atoms with E-state index in [0.717, 1.165) is 5.56 Å². The van der Waals surface area contributed by atoms with Crippen LogP contribution in [0, 0.1) is 5.92 Å². The summed E-state index contributed by atoms with van der Waals surface area (Å²) in [5.74, 6) is -0.531. The lowest BCUT2D eigenvalue weighted by molar-refractivity contribution is -0.123. The van der Waals surface area contributed by atoms with E-state index >= 15 is 0 Å². The van der Waals surface area contributed by atoms with E-state index in [2.05, 4.69) is 20.6 Å².